The molecule has 0 spiro atoms. The number of phenolic OH excluding ortho intramolecular Hbond substituents is 2. The molecule has 88 valence electrons. The molecule has 2 rings (SSSR count). The van der Waals surface area contributed by atoms with Gasteiger partial charge >= 0.3 is 0 Å². The molecule has 3 N–H and O–H groups in total. The van der Waals surface area contributed by atoms with E-state index in [0.29, 0.717) is 6.04 Å². The van der Waals surface area contributed by atoms with E-state index in [9.17, 15) is 10.2 Å². The lowest BCUT2D eigenvalue weighted by Crippen LogP contribution is -2.30. The largest absolute Gasteiger partial charge is 0.508 e. The summed E-state index contributed by atoms with van der Waals surface area (Å²) in [5, 5.41) is 22.4. The smallest absolute Gasteiger partial charge is 0.124 e. The minimum absolute atomic E-state index is 0.101. The lowest BCUT2D eigenvalue weighted by atomic mass is 10.1. The zero-order valence-corrected chi connectivity index (χ0v) is 9.77. The third-order valence-electron chi connectivity index (χ3n) is 3.32. The quantitative estimate of drug-likeness (QED) is 0.732. The van der Waals surface area contributed by atoms with E-state index in [1.807, 2.05) is 6.92 Å². The monoisotopic (exact) mass is 221 g/mol. The number of aromatic hydroxyl groups is 2. The molecule has 0 amide bonds. The van der Waals surface area contributed by atoms with E-state index in [-0.39, 0.29) is 17.5 Å². The van der Waals surface area contributed by atoms with Gasteiger partial charge in [0.2, 0.25) is 0 Å². The number of phenols is 2. The molecule has 3 nitrogen and oxygen atoms in total. The van der Waals surface area contributed by atoms with Gasteiger partial charge in [-0.05, 0) is 38.7 Å². The zero-order chi connectivity index (χ0) is 11.7. The summed E-state index contributed by atoms with van der Waals surface area (Å²) >= 11 is 0. The van der Waals surface area contributed by atoms with Gasteiger partial charge in [0.15, 0.2) is 0 Å². The van der Waals surface area contributed by atoms with Crippen LogP contribution in [-0.4, -0.2) is 16.3 Å². The summed E-state index contributed by atoms with van der Waals surface area (Å²) in [7, 11) is 0. The highest BCUT2D eigenvalue weighted by Crippen LogP contribution is 2.34. The molecule has 1 aromatic carbocycles. The fourth-order valence-electron chi connectivity index (χ4n) is 2.11. The second kappa shape index (κ2) is 4.34. The Hall–Kier alpha value is -1.22. The summed E-state index contributed by atoms with van der Waals surface area (Å²) in [6.45, 7) is 4.22. The molecule has 16 heavy (non-hydrogen) atoms. The van der Waals surface area contributed by atoms with Gasteiger partial charge in [0.1, 0.15) is 11.5 Å². The van der Waals surface area contributed by atoms with Gasteiger partial charge in [0.05, 0.1) is 0 Å². The average Bonchev–Trinajstić information content (AvgIpc) is 2.99. The first kappa shape index (κ1) is 11.3. The summed E-state index contributed by atoms with van der Waals surface area (Å²) < 4.78 is 0. The topological polar surface area (TPSA) is 52.5 Å². The number of nitrogens with one attached hydrogen (secondary N) is 1. The number of hydrogen-bond acceptors (Lipinski definition) is 3. The SMILES string of the molecule is CC(NC(C)C1CC1)c1ccc(O)cc1O. The van der Waals surface area contributed by atoms with Gasteiger partial charge in [0.25, 0.3) is 0 Å². The summed E-state index contributed by atoms with van der Waals surface area (Å²) in [6.07, 6.45) is 2.62. The molecule has 0 radical (unpaired) electrons. The Morgan fingerprint density at radius 2 is 1.94 bits per heavy atom. The predicted octanol–water partition coefficient (Wildman–Crippen LogP) is 2.55. The second-order valence-corrected chi connectivity index (χ2v) is 4.76. The zero-order valence-electron chi connectivity index (χ0n) is 9.77. The van der Waals surface area contributed by atoms with Gasteiger partial charge in [-0.15, -0.1) is 0 Å². The van der Waals surface area contributed by atoms with E-state index < -0.39 is 0 Å². The molecule has 2 unspecified atom stereocenters. The van der Waals surface area contributed by atoms with E-state index in [1.165, 1.54) is 18.9 Å². The lowest BCUT2D eigenvalue weighted by molar-refractivity contribution is 0.411. The number of hydrogen-bond donors (Lipinski definition) is 3. The summed E-state index contributed by atoms with van der Waals surface area (Å²) in [5.74, 6) is 1.05. The van der Waals surface area contributed by atoms with Crippen LogP contribution in [0.2, 0.25) is 0 Å². The van der Waals surface area contributed by atoms with Crippen molar-refractivity contribution in [2.24, 2.45) is 5.92 Å². The van der Waals surface area contributed by atoms with Crippen molar-refractivity contribution in [3.63, 3.8) is 0 Å². The van der Waals surface area contributed by atoms with Gasteiger partial charge in [0, 0.05) is 23.7 Å². The minimum atomic E-state index is 0.101. The maximum atomic E-state index is 9.73. The molecule has 0 bridgehead atoms. The highest BCUT2D eigenvalue weighted by Gasteiger charge is 2.29. The van der Waals surface area contributed by atoms with E-state index in [0.717, 1.165) is 11.5 Å². The number of rotatable bonds is 4. The summed E-state index contributed by atoms with van der Waals surface area (Å²) in [6, 6.07) is 5.35. The second-order valence-electron chi connectivity index (χ2n) is 4.76. The van der Waals surface area contributed by atoms with Crippen LogP contribution in [0.5, 0.6) is 11.5 Å². The van der Waals surface area contributed by atoms with Crippen LogP contribution in [0.4, 0.5) is 0 Å². The van der Waals surface area contributed by atoms with Crippen molar-refractivity contribution in [3.8, 4) is 11.5 Å². The molecular weight excluding hydrogens is 202 g/mol. The van der Waals surface area contributed by atoms with Crippen molar-refractivity contribution in [2.75, 3.05) is 0 Å². The molecule has 1 aliphatic carbocycles. The van der Waals surface area contributed by atoms with Crippen molar-refractivity contribution in [3.05, 3.63) is 23.8 Å². The van der Waals surface area contributed by atoms with Crippen LogP contribution in [0.3, 0.4) is 0 Å². The first-order valence-corrected chi connectivity index (χ1v) is 5.86. The van der Waals surface area contributed by atoms with Crippen molar-refractivity contribution in [2.45, 2.75) is 38.8 Å². The van der Waals surface area contributed by atoms with Gasteiger partial charge in [-0.3, -0.25) is 0 Å². The molecule has 1 fully saturated rings. The third kappa shape index (κ3) is 2.47. The molecular formula is C13H19NO2. The lowest BCUT2D eigenvalue weighted by Gasteiger charge is -2.20. The van der Waals surface area contributed by atoms with Crippen molar-refractivity contribution in [1.82, 2.24) is 5.32 Å². The Balaban J connectivity index is 2.04. The fourth-order valence-corrected chi connectivity index (χ4v) is 2.11. The molecule has 1 saturated carbocycles. The minimum Gasteiger partial charge on any atom is -0.508 e. The van der Waals surface area contributed by atoms with Crippen molar-refractivity contribution < 1.29 is 10.2 Å². The van der Waals surface area contributed by atoms with Crippen LogP contribution in [-0.2, 0) is 0 Å². The van der Waals surface area contributed by atoms with Crippen molar-refractivity contribution >= 4 is 0 Å². The maximum absolute atomic E-state index is 9.73. The molecule has 0 saturated heterocycles. The summed E-state index contributed by atoms with van der Waals surface area (Å²) in [4.78, 5) is 0. The Morgan fingerprint density at radius 1 is 1.25 bits per heavy atom. The van der Waals surface area contributed by atoms with Gasteiger partial charge in [-0.25, -0.2) is 0 Å². The number of benzene rings is 1. The van der Waals surface area contributed by atoms with Gasteiger partial charge < -0.3 is 15.5 Å². The first-order chi connectivity index (χ1) is 7.58. The third-order valence-corrected chi connectivity index (χ3v) is 3.32. The van der Waals surface area contributed by atoms with Gasteiger partial charge in [-0.1, -0.05) is 6.07 Å². The highest BCUT2D eigenvalue weighted by atomic mass is 16.3. The maximum Gasteiger partial charge on any atom is 0.124 e. The van der Waals surface area contributed by atoms with Crippen LogP contribution >= 0.6 is 0 Å². The van der Waals surface area contributed by atoms with Crippen LogP contribution in [0.1, 0.15) is 38.3 Å². The highest BCUT2D eigenvalue weighted by molar-refractivity contribution is 5.40. The van der Waals surface area contributed by atoms with Crippen molar-refractivity contribution in [1.29, 1.82) is 0 Å². The predicted molar refractivity (Wildman–Crippen MR) is 63.5 cm³/mol. The molecule has 2 atom stereocenters. The van der Waals surface area contributed by atoms with Crippen LogP contribution in [0.25, 0.3) is 0 Å². The van der Waals surface area contributed by atoms with E-state index in [1.54, 1.807) is 12.1 Å². The first-order valence-electron chi connectivity index (χ1n) is 5.86. The fraction of sp³-hybridized carbons (Fsp3) is 0.538. The van der Waals surface area contributed by atoms with Crippen LogP contribution in [0.15, 0.2) is 18.2 Å². The molecule has 0 heterocycles. The Labute approximate surface area is 96.1 Å². The van der Waals surface area contributed by atoms with Crippen LogP contribution in [0, 0.1) is 5.92 Å². The van der Waals surface area contributed by atoms with E-state index in [4.69, 9.17) is 0 Å². The molecule has 0 aliphatic heterocycles. The molecule has 1 aliphatic rings. The summed E-state index contributed by atoms with van der Waals surface area (Å²) in [5.41, 5.74) is 0.838. The Morgan fingerprint density at radius 3 is 2.50 bits per heavy atom. The standard InChI is InChI=1S/C13H19NO2/c1-8(10-3-4-10)14-9(2)12-6-5-11(15)7-13(12)16/h5-10,14-16H,3-4H2,1-2H3. The Bertz CT molecular complexity index is 374. The average molecular weight is 221 g/mol. The van der Waals surface area contributed by atoms with Gasteiger partial charge in [-0.2, -0.15) is 0 Å². The normalized spacial score (nSPS) is 19.4. The Kier molecular flexibility index (Phi) is 3.06. The van der Waals surface area contributed by atoms with E-state index >= 15 is 0 Å². The molecule has 1 aromatic rings. The molecule has 3 heteroatoms. The molecule has 0 aromatic heterocycles. The van der Waals surface area contributed by atoms with Crippen LogP contribution < -0.4 is 5.32 Å². The van der Waals surface area contributed by atoms with E-state index in [2.05, 4.69) is 12.2 Å².